The van der Waals surface area contributed by atoms with Crippen LogP contribution >= 0.6 is 0 Å². The molecule has 5 heteroatoms. The molecule has 0 aromatic carbocycles. The minimum Gasteiger partial charge on any atom is -0.467 e. The second-order valence-electron chi connectivity index (χ2n) is 4.76. The van der Waals surface area contributed by atoms with E-state index in [0.29, 0.717) is 31.0 Å². The fourth-order valence-corrected chi connectivity index (χ4v) is 2.13. The van der Waals surface area contributed by atoms with Crippen LogP contribution in [-0.4, -0.2) is 28.9 Å². The lowest BCUT2D eigenvalue weighted by atomic mass is 10.2. The van der Waals surface area contributed by atoms with Crippen molar-refractivity contribution in [3.63, 3.8) is 0 Å². The van der Waals surface area contributed by atoms with Gasteiger partial charge in [-0.3, -0.25) is 4.79 Å². The zero-order valence-corrected chi connectivity index (χ0v) is 12.7. The lowest BCUT2D eigenvalue weighted by Gasteiger charge is -2.20. The summed E-state index contributed by atoms with van der Waals surface area (Å²) in [6.45, 7) is 7.71. The van der Waals surface area contributed by atoms with Gasteiger partial charge in [-0.05, 0) is 45.0 Å². The molecule has 0 aliphatic carbocycles. The van der Waals surface area contributed by atoms with Crippen molar-refractivity contribution in [3.8, 4) is 0 Å². The van der Waals surface area contributed by atoms with Crippen molar-refractivity contribution in [2.75, 3.05) is 18.4 Å². The normalized spacial score (nSPS) is 10.4. The first kappa shape index (κ1) is 15.1. The first-order valence-electron chi connectivity index (χ1n) is 7.18. The van der Waals surface area contributed by atoms with Gasteiger partial charge in [0.15, 0.2) is 0 Å². The predicted molar refractivity (Wildman–Crippen MR) is 82.3 cm³/mol. The molecule has 2 heterocycles. The summed E-state index contributed by atoms with van der Waals surface area (Å²) in [5.41, 5.74) is 1.46. The molecule has 0 bridgehead atoms. The quantitative estimate of drug-likeness (QED) is 0.887. The van der Waals surface area contributed by atoms with Crippen LogP contribution in [-0.2, 0) is 6.54 Å². The molecule has 0 atom stereocenters. The average molecular weight is 287 g/mol. The zero-order valence-electron chi connectivity index (χ0n) is 12.7. The minimum atomic E-state index is -0.00514. The van der Waals surface area contributed by atoms with Gasteiger partial charge in [-0.2, -0.15) is 0 Å². The fraction of sp³-hybridized carbons (Fsp3) is 0.375. The Kier molecular flexibility index (Phi) is 4.98. The van der Waals surface area contributed by atoms with Crippen molar-refractivity contribution in [2.24, 2.45) is 0 Å². The lowest BCUT2D eigenvalue weighted by molar-refractivity contribution is 0.0773. The molecule has 21 heavy (non-hydrogen) atoms. The summed E-state index contributed by atoms with van der Waals surface area (Å²) in [7, 11) is 0. The van der Waals surface area contributed by atoms with E-state index in [1.165, 1.54) is 0 Å². The van der Waals surface area contributed by atoms with Gasteiger partial charge in [0, 0.05) is 18.8 Å². The molecule has 2 rings (SSSR count). The van der Waals surface area contributed by atoms with Crippen LogP contribution in [0.5, 0.6) is 0 Å². The van der Waals surface area contributed by atoms with E-state index < -0.39 is 0 Å². The highest BCUT2D eigenvalue weighted by atomic mass is 16.3. The van der Waals surface area contributed by atoms with Crippen LogP contribution in [0.15, 0.2) is 34.9 Å². The lowest BCUT2D eigenvalue weighted by Crippen LogP contribution is -2.31. The summed E-state index contributed by atoms with van der Waals surface area (Å²) in [4.78, 5) is 18.7. The van der Waals surface area contributed by atoms with Crippen molar-refractivity contribution in [3.05, 3.63) is 47.5 Å². The number of carbonyl (C=O) groups excluding carboxylic acids is 1. The topological polar surface area (TPSA) is 58.4 Å². The van der Waals surface area contributed by atoms with Gasteiger partial charge < -0.3 is 14.6 Å². The van der Waals surface area contributed by atoms with Crippen molar-refractivity contribution >= 4 is 11.7 Å². The summed E-state index contributed by atoms with van der Waals surface area (Å²) < 4.78 is 5.29. The molecule has 2 aromatic rings. The van der Waals surface area contributed by atoms with E-state index in [0.717, 1.165) is 11.5 Å². The molecule has 2 aromatic heterocycles. The molecule has 0 spiro atoms. The van der Waals surface area contributed by atoms with Crippen LogP contribution < -0.4 is 5.32 Å². The van der Waals surface area contributed by atoms with Crippen molar-refractivity contribution < 1.29 is 9.21 Å². The first-order valence-corrected chi connectivity index (χ1v) is 7.18. The van der Waals surface area contributed by atoms with Crippen molar-refractivity contribution in [1.29, 1.82) is 0 Å². The van der Waals surface area contributed by atoms with Gasteiger partial charge in [0.1, 0.15) is 11.6 Å². The number of aryl methyl sites for hydroxylation is 1. The van der Waals surface area contributed by atoms with Crippen LogP contribution in [0.25, 0.3) is 0 Å². The third kappa shape index (κ3) is 3.62. The van der Waals surface area contributed by atoms with Gasteiger partial charge in [0.2, 0.25) is 0 Å². The number of amides is 1. The smallest absolute Gasteiger partial charge is 0.257 e. The van der Waals surface area contributed by atoms with Crippen LogP contribution in [0.1, 0.15) is 35.7 Å². The standard InChI is InChI=1S/C16H21N3O2/c1-4-19(5-2)16(20)14-9-8-12(3)18-15(14)17-11-13-7-6-10-21-13/h6-10H,4-5,11H2,1-3H3,(H,17,18). The number of nitrogens with zero attached hydrogens (tertiary/aromatic N) is 2. The summed E-state index contributed by atoms with van der Waals surface area (Å²) in [6.07, 6.45) is 1.63. The maximum atomic E-state index is 12.5. The van der Waals surface area contributed by atoms with E-state index in [1.54, 1.807) is 11.2 Å². The van der Waals surface area contributed by atoms with Crippen LogP contribution in [0.2, 0.25) is 0 Å². The third-order valence-electron chi connectivity index (χ3n) is 3.33. The predicted octanol–water partition coefficient (Wildman–Crippen LogP) is 3.08. The molecule has 0 aliphatic rings. The van der Waals surface area contributed by atoms with Crippen LogP contribution in [0, 0.1) is 6.92 Å². The molecule has 0 unspecified atom stereocenters. The van der Waals surface area contributed by atoms with Crippen LogP contribution in [0.4, 0.5) is 5.82 Å². The maximum Gasteiger partial charge on any atom is 0.257 e. The SMILES string of the molecule is CCN(CC)C(=O)c1ccc(C)nc1NCc1ccco1. The minimum absolute atomic E-state index is 0.00514. The number of furan rings is 1. The highest BCUT2D eigenvalue weighted by molar-refractivity contribution is 5.98. The summed E-state index contributed by atoms with van der Waals surface area (Å²) in [5.74, 6) is 1.40. The molecule has 1 N–H and O–H groups in total. The van der Waals surface area contributed by atoms with Gasteiger partial charge in [0.25, 0.3) is 5.91 Å². The molecule has 1 amide bonds. The Bertz CT molecular complexity index is 590. The Hall–Kier alpha value is -2.30. The summed E-state index contributed by atoms with van der Waals surface area (Å²) in [6, 6.07) is 7.40. The maximum absolute atomic E-state index is 12.5. The third-order valence-corrected chi connectivity index (χ3v) is 3.33. The Morgan fingerprint density at radius 1 is 1.29 bits per heavy atom. The van der Waals surface area contributed by atoms with E-state index >= 15 is 0 Å². The molecule has 0 saturated carbocycles. The van der Waals surface area contributed by atoms with Crippen molar-refractivity contribution in [1.82, 2.24) is 9.88 Å². The van der Waals surface area contributed by atoms with E-state index in [9.17, 15) is 4.79 Å². The number of carbonyl (C=O) groups is 1. The van der Waals surface area contributed by atoms with Gasteiger partial charge in [0.05, 0.1) is 18.4 Å². The second-order valence-corrected chi connectivity index (χ2v) is 4.76. The first-order chi connectivity index (χ1) is 10.2. The Labute approximate surface area is 125 Å². The Morgan fingerprint density at radius 3 is 2.67 bits per heavy atom. The number of aromatic nitrogens is 1. The average Bonchev–Trinajstić information content (AvgIpc) is 2.99. The van der Waals surface area contributed by atoms with Gasteiger partial charge in [-0.15, -0.1) is 0 Å². The monoisotopic (exact) mass is 287 g/mol. The van der Waals surface area contributed by atoms with Gasteiger partial charge >= 0.3 is 0 Å². The van der Waals surface area contributed by atoms with Crippen molar-refractivity contribution in [2.45, 2.75) is 27.3 Å². The molecular weight excluding hydrogens is 266 g/mol. The summed E-state index contributed by atoms with van der Waals surface area (Å²) >= 11 is 0. The molecule has 0 aliphatic heterocycles. The van der Waals surface area contributed by atoms with E-state index in [-0.39, 0.29) is 5.91 Å². The zero-order chi connectivity index (χ0) is 15.2. The number of hydrogen-bond acceptors (Lipinski definition) is 4. The molecule has 0 radical (unpaired) electrons. The number of hydrogen-bond donors (Lipinski definition) is 1. The highest BCUT2D eigenvalue weighted by Crippen LogP contribution is 2.17. The highest BCUT2D eigenvalue weighted by Gasteiger charge is 2.17. The molecule has 112 valence electrons. The second kappa shape index (κ2) is 6.92. The molecule has 5 nitrogen and oxygen atoms in total. The largest absolute Gasteiger partial charge is 0.467 e. The Balaban J connectivity index is 2.22. The molecule has 0 saturated heterocycles. The van der Waals surface area contributed by atoms with E-state index in [1.807, 2.05) is 45.0 Å². The van der Waals surface area contributed by atoms with Gasteiger partial charge in [-0.1, -0.05) is 0 Å². The number of anilines is 1. The van der Waals surface area contributed by atoms with Crippen LogP contribution in [0.3, 0.4) is 0 Å². The number of rotatable bonds is 6. The molecule has 0 fully saturated rings. The van der Waals surface area contributed by atoms with Gasteiger partial charge in [-0.25, -0.2) is 4.98 Å². The molecular formula is C16H21N3O2. The number of pyridine rings is 1. The van der Waals surface area contributed by atoms with E-state index in [4.69, 9.17) is 4.42 Å². The van der Waals surface area contributed by atoms with E-state index in [2.05, 4.69) is 10.3 Å². The Morgan fingerprint density at radius 2 is 2.05 bits per heavy atom. The summed E-state index contributed by atoms with van der Waals surface area (Å²) in [5, 5.41) is 3.19. The number of nitrogens with one attached hydrogen (secondary N) is 1. The fourth-order valence-electron chi connectivity index (χ4n) is 2.13.